The normalized spacial score (nSPS) is 29.1. The van der Waals surface area contributed by atoms with E-state index < -0.39 is 6.10 Å². The Kier molecular flexibility index (Phi) is 6.66. The van der Waals surface area contributed by atoms with Crippen LogP contribution in [0.15, 0.2) is 17.5 Å². The van der Waals surface area contributed by atoms with E-state index in [0.29, 0.717) is 6.42 Å². The molecule has 2 N–H and O–H groups in total. The molecule has 134 valence electrons. The first-order valence-electron chi connectivity index (χ1n) is 9.05. The number of morpholine rings is 1. The second-order valence-electron chi connectivity index (χ2n) is 6.74. The Morgan fingerprint density at radius 3 is 2.88 bits per heavy atom. The van der Waals surface area contributed by atoms with E-state index in [1.807, 2.05) is 11.4 Å². The molecule has 5 nitrogen and oxygen atoms in total. The van der Waals surface area contributed by atoms with Crippen molar-refractivity contribution in [3.63, 3.8) is 0 Å². The van der Waals surface area contributed by atoms with E-state index >= 15 is 0 Å². The highest BCUT2D eigenvalue weighted by atomic mass is 32.1. The molecule has 1 saturated heterocycles. The van der Waals surface area contributed by atoms with Crippen molar-refractivity contribution < 1.29 is 14.6 Å². The topological polar surface area (TPSA) is 61.8 Å². The zero-order valence-corrected chi connectivity index (χ0v) is 15.0. The summed E-state index contributed by atoms with van der Waals surface area (Å²) in [6, 6.07) is 4.09. The SMILES string of the molecule is O=C(CCc1cccs1)N[C@@H]1CCCC[C@@H](N2CCOCC2)[C@@H]1O. The molecule has 3 atom stereocenters. The van der Waals surface area contributed by atoms with Crippen LogP contribution in [-0.2, 0) is 16.0 Å². The molecule has 1 aliphatic heterocycles. The first-order chi connectivity index (χ1) is 11.7. The van der Waals surface area contributed by atoms with Crippen molar-refractivity contribution >= 4 is 17.2 Å². The van der Waals surface area contributed by atoms with E-state index in [1.165, 1.54) is 4.88 Å². The van der Waals surface area contributed by atoms with Crippen molar-refractivity contribution in [2.75, 3.05) is 26.3 Å². The number of ether oxygens (including phenoxy) is 1. The lowest BCUT2D eigenvalue weighted by Crippen LogP contribution is -2.55. The molecule has 24 heavy (non-hydrogen) atoms. The molecular weight excluding hydrogens is 324 g/mol. The van der Waals surface area contributed by atoms with Gasteiger partial charge in [0.15, 0.2) is 0 Å². The van der Waals surface area contributed by atoms with Crippen molar-refractivity contribution in [1.82, 2.24) is 10.2 Å². The maximum absolute atomic E-state index is 12.3. The van der Waals surface area contributed by atoms with Gasteiger partial charge in [0.2, 0.25) is 5.91 Å². The number of hydrogen-bond donors (Lipinski definition) is 2. The maximum atomic E-state index is 12.3. The molecule has 2 aliphatic rings. The van der Waals surface area contributed by atoms with Crippen LogP contribution < -0.4 is 5.32 Å². The Labute approximate surface area is 148 Å². The van der Waals surface area contributed by atoms with Crippen LogP contribution in [0.2, 0.25) is 0 Å². The average Bonchev–Trinajstić information content (AvgIpc) is 3.06. The summed E-state index contributed by atoms with van der Waals surface area (Å²) in [5, 5.41) is 16.0. The van der Waals surface area contributed by atoms with Gasteiger partial charge < -0.3 is 15.2 Å². The average molecular weight is 353 g/mol. The van der Waals surface area contributed by atoms with Crippen molar-refractivity contribution in [2.45, 2.75) is 56.7 Å². The van der Waals surface area contributed by atoms with E-state index in [0.717, 1.165) is 58.4 Å². The van der Waals surface area contributed by atoms with Crippen LogP contribution in [-0.4, -0.2) is 60.4 Å². The molecule has 1 aromatic heterocycles. The summed E-state index contributed by atoms with van der Waals surface area (Å²) in [5.41, 5.74) is 0. The molecule has 2 heterocycles. The van der Waals surface area contributed by atoms with Crippen molar-refractivity contribution in [2.24, 2.45) is 0 Å². The van der Waals surface area contributed by atoms with Gasteiger partial charge in [-0.3, -0.25) is 9.69 Å². The van der Waals surface area contributed by atoms with Crippen LogP contribution in [0.4, 0.5) is 0 Å². The molecule has 0 aromatic carbocycles. The predicted octanol–water partition coefficient (Wildman–Crippen LogP) is 1.80. The zero-order chi connectivity index (χ0) is 16.8. The van der Waals surface area contributed by atoms with E-state index in [2.05, 4.69) is 16.3 Å². The van der Waals surface area contributed by atoms with Gasteiger partial charge in [0.1, 0.15) is 0 Å². The largest absolute Gasteiger partial charge is 0.389 e. The number of rotatable bonds is 5. The van der Waals surface area contributed by atoms with Crippen LogP contribution in [0.25, 0.3) is 0 Å². The molecule has 1 amide bonds. The second-order valence-corrected chi connectivity index (χ2v) is 7.78. The minimum Gasteiger partial charge on any atom is -0.389 e. The molecular formula is C18H28N2O3S. The van der Waals surface area contributed by atoms with Crippen LogP contribution in [0.1, 0.15) is 37.0 Å². The fourth-order valence-electron chi connectivity index (χ4n) is 3.76. The third-order valence-electron chi connectivity index (χ3n) is 5.11. The van der Waals surface area contributed by atoms with Gasteiger partial charge in [-0.05, 0) is 30.7 Å². The maximum Gasteiger partial charge on any atom is 0.220 e. The molecule has 0 bridgehead atoms. The Balaban J connectivity index is 1.53. The summed E-state index contributed by atoms with van der Waals surface area (Å²) >= 11 is 1.69. The van der Waals surface area contributed by atoms with Gasteiger partial charge in [0, 0.05) is 30.4 Å². The van der Waals surface area contributed by atoms with Gasteiger partial charge in [0.05, 0.1) is 25.4 Å². The monoisotopic (exact) mass is 352 g/mol. The van der Waals surface area contributed by atoms with Crippen LogP contribution in [0.5, 0.6) is 0 Å². The van der Waals surface area contributed by atoms with E-state index in [4.69, 9.17) is 4.74 Å². The predicted molar refractivity (Wildman–Crippen MR) is 95.2 cm³/mol. The smallest absolute Gasteiger partial charge is 0.220 e. The highest BCUT2D eigenvalue weighted by molar-refractivity contribution is 7.09. The Bertz CT molecular complexity index is 502. The van der Waals surface area contributed by atoms with Gasteiger partial charge in [-0.15, -0.1) is 11.3 Å². The van der Waals surface area contributed by atoms with Crippen molar-refractivity contribution in [1.29, 1.82) is 0 Å². The number of carbonyl (C=O) groups excluding carboxylic acids is 1. The number of thiophene rings is 1. The van der Waals surface area contributed by atoms with Gasteiger partial charge in [-0.25, -0.2) is 0 Å². The van der Waals surface area contributed by atoms with Crippen LogP contribution in [0.3, 0.4) is 0 Å². The lowest BCUT2D eigenvalue weighted by Gasteiger charge is -2.38. The molecule has 1 aromatic rings. The molecule has 0 spiro atoms. The third kappa shape index (κ3) is 4.79. The number of nitrogens with one attached hydrogen (secondary N) is 1. The number of aryl methyl sites for hydroxylation is 1. The fraction of sp³-hybridized carbons (Fsp3) is 0.722. The Morgan fingerprint density at radius 2 is 2.12 bits per heavy atom. The highest BCUT2D eigenvalue weighted by Crippen LogP contribution is 2.24. The van der Waals surface area contributed by atoms with Crippen molar-refractivity contribution in [3.05, 3.63) is 22.4 Å². The number of hydrogen-bond acceptors (Lipinski definition) is 5. The van der Waals surface area contributed by atoms with Crippen LogP contribution >= 0.6 is 11.3 Å². The molecule has 0 radical (unpaired) electrons. The summed E-state index contributed by atoms with van der Waals surface area (Å²) in [7, 11) is 0. The number of nitrogens with zero attached hydrogens (tertiary/aromatic N) is 1. The first kappa shape index (κ1) is 17.9. The summed E-state index contributed by atoms with van der Waals surface area (Å²) in [6.45, 7) is 3.23. The Hall–Kier alpha value is -0.950. The number of aliphatic hydroxyl groups is 1. The van der Waals surface area contributed by atoms with Crippen molar-refractivity contribution in [3.8, 4) is 0 Å². The van der Waals surface area contributed by atoms with Gasteiger partial charge >= 0.3 is 0 Å². The minimum atomic E-state index is -0.490. The number of amides is 1. The minimum absolute atomic E-state index is 0.0510. The zero-order valence-electron chi connectivity index (χ0n) is 14.2. The van der Waals surface area contributed by atoms with E-state index in [1.54, 1.807) is 11.3 Å². The van der Waals surface area contributed by atoms with Crippen LogP contribution in [0, 0.1) is 0 Å². The summed E-state index contributed by atoms with van der Waals surface area (Å²) in [5.74, 6) is 0.0510. The molecule has 1 aliphatic carbocycles. The molecule has 0 unspecified atom stereocenters. The third-order valence-corrected chi connectivity index (χ3v) is 6.05. The fourth-order valence-corrected chi connectivity index (χ4v) is 4.47. The Morgan fingerprint density at radius 1 is 1.33 bits per heavy atom. The molecule has 1 saturated carbocycles. The number of aliphatic hydroxyl groups excluding tert-OH is 1. The summed E-state index contributed by atoms with van der Waals surface area (Å²) in [6.07, 6.45) is 4.82. The molecule has 3 rings (SSSR count). The van der Waals surface area contributed by atoms with Gasteiger partial charge in [-0.2, -0.15) is 0 Å². The summed E-state index contributed by atoms with van der Waals surface area (Å²) < 4.78 is 5.42. The van der Waals surface area contributed by atoms with Gasteiger partial charge in [-0.1, -0.05) is 18.9 Å². The highest BCUT2D eigenvalue weighted by Gasteiger charge is 2.35. The van der Waals surface area contributed by atoms with Gasteiger partial charge in [0.25, 0.3) is 0 Å². The standard InChI is InChI=1S/C18H28N2O3S/c21-17(8-7-14-4-3-13-24-14)19-15-5-1-2-6-16(18(15)22)20-9-11-23-12-10-20/h3-4,13,15-16,18,22H,1-2,5-12H2,(H,19,21)/t15-,16-,18-/m1/s1. The lowest BCUT2D eigenvalue weighted by molar-refractivity contribution is -0.123. The molecule has 2 fully saturated rings. The van der Waals surface area contributed by atoms with E-state index in [9.17, 15) is 9.90 Å². The number of carbonyl (C=O) groups is 1. The summed E-state index contributed by atoms with van der Waals surface area (Å²) in [4.78, 5) is 15.9. The molecule has 6 heteroatoms. The quantitative estimate of drug-likeness (QED) is 0.794. The first-order valence-corrected chi connectivity index (χ1v) is 9.93. The van der Waals surface area contributed by atoms with E-state index in [-0.39, 0.29) is 18.0 Å². The second kappa shape index (κ2) is 8.94. The lowest BCUT2D eigenvalue weighted by atomic mass is 9.99.